The molecule has 1 saturated heterocycles. The first kappa shape index (κ1) is 23.6. The van der Waals surface area contributed by atoms with Gasteiger partial charge < -0.3 is 14.4 Å². The maximum absolute atomic E-state index is 14.4. The summed E-state index contributed by atoms with van der Waals surface area (Å²) in [6.07, 6.45) is 0.155. The molecule has 6 rings (SSSR count). The van der Waals surface area contributed by atoms with Crippen LogP contribution in [-0.2, 0) is 6.18 Å². The summed E-state index contributed by atoms with van der Waals surface area (Å²) in [7, 11) is 1.45. The van der Waals surface area contributed by atoms with Crippen molar-refractivity contribution in [1.29, 1.82) is 0 Å². The number of ether oxygens (including phenoxy) is 2. The Labute approximate surface area is 209 Å². The topological polar surface area (TPSA) is 77.4 Å². The van der Waals surface area contributed by atoms with Crippen LogP contribution in [-0.4, -0.2) is 57.7 Å². The molecule has 11 heteroatoms. The predicted octanol–water partition coefficient (Wildman–Crippen LogP) is 4.59. The van der Waals surface area contributed by atoms with Crippen LogP contribution in [0.2, 0.25) is 0 Å². The second kappa shape index (κ2) is 8.39. The molecule has 37 heavy (non-hydrogen) atoms. The van der Waals surface area contributed by atoms with Crippen molar-refractivity contribution in [2.24, 2.45) is 11.3 Å². The quantitative estimate of drug-likeness (QED) is 0.448. The van der Waals surface area contributed by atoms with Crippen molar-refractivity contribution in [2.75, 3.05) is 13.8 Å². The minimum Gasteiger partial charge on any atom is -0.496 e. The van der Waals surface area contributed by atoms with Crippen LogP contribution in [0, 0.1) is 11.3 Å². The minimum atomic E-state index is -4.51. The van der Waals surface area contributed by atoms with Gasteiger partial charge in [-0.3, -0.25) is 4.79 Å². The summed E-state index contributed by atoms with van der Waals surface area (Å²) in [5.41, 5.74) is -0.453. The van der Waals surface area contributed by atoms with Gasteiger partial charge in [0.1, 0.15) is 18.5 Å². The van der Waals surface area contributed by atoms with Crippen molar-refractivity contribution >= 4 is 5.91 Å². The number of carbonyl (C=O) groups excluding carboxylic acids is 1. The molecule has 0 bridgehead atoms. The van der Waals surface area contributed by atoms with Crippen LogP contribution >= 0.6 is 0 Å². The SMILES string of the molecule is COc1cccc(-c2ncccn2)c1C(=O)N1C(CF)C2CC23CC(Oc2ccc(C(F)(F)F)cn2)C13. The Morgan fingerprint density at radius 3 is 2.54 bits per heavy atom. The fourth-order valence-corrected chi connectivity index (χ4v) is 6.13. The molecule has 3 aromatic rings. The predicted molar refractivity (Wildman–Crippen MR) is 123 cm³/mol. The van der Waals surface area contributed by atoms with Crippen LogP contribution in [0.1, 0.15) is 28.8 Å². The summed E-state index contributed by atoms with van der Waals surface area (Å²) < 4.78 is 64.6. The van der Waals surface area contributed by atoms with Crippen LogP contribution in [0.3, 0.4) is 0 Å². The van der Waals surface area contributed by atoms with Crippen LogP contribution in [0.4, 0.5) is 17.6 Å². The number of carbonyl (C=O) groups is 1. The Bertz CT molecular complexity index is 1340. The highest BCUT2D eigenvalue weighted by Gasteiger charge is 2.79. The highest BCUT2D eigenvalue weighted by atomic mass is 19.4. The zero-order valence-corrected chi connectivity index (χ0v) is 19.7. The van der Waals surface area contributed by atoms with Gasteiger partial charge in [0.15, 0.2) is 5.82 Å². The summed E-state index contributed by atoms with van der Waals surface area (Å²) in [4.78, 5) is 28.0. The molecule has 3 aliphatic rings. The molecular weight excluding hydrogens is 492 g/mol. The Morgan fingerprint density at radius 1 is 1.11 bits per heavy atom. The first-order valence-corrected chi connectivity index (χ1v) is 11.8. The minimum absolute atomic E-state index is 0.00185. The van der Waals surface area contributed by atoms with Gasteiger partial charge in [-0.15, -0.1) is 0 Å². The van der Waals surface area contributed by atoms with E-state index >= 15 is 0 Å². The molecule has 5 unspecified atom stereocenters. The molecule has 0 N–H and O–H groups in total. The summed E-state index contributed by atoms with van der Waals surface area (Å²) >= 11 is 0. The van der Waals surface area contributed by atoms with E-state index in [4.69, 9.17) is 9.47 Å². The van der Waals surface area contributed by atoms with E-state index in [9.17, 15) is 22.4 Å². The molecule has 2 saturated carbocycles. The first-order chi connectivity index (χ1) is 17.8. The second-order valence-corrected chi connectivity index (χ2v) is 9.62. The van der Waals surface area contributed by atoms with Crippen molar-refractivity contribution in [3.05, 3.63) is 66.1 Å². The number of likely N-dealkylation sites (tertiary alicyclic amines) is 1. The highest BCUT2D eigenvalue weighted by Crippen LogP contribution is 2.74. The van der Waals surface area contributed by atoms with Crippen molar-refractivity contribution in [1.82, 2.24) is 19.9 Å². The van der Waals surface area contributed by atoms with Crippen LogP contribution in [0.15, 0.2) is 55.0 Å². The van der Waals surface area contributed by atoms with E-state index in [-0.39, 0.29) is 22.8 Å². The number of alkyl halides is 4. The third-order valence-electron chi connectivity index (χ3n) is 7.82. The number of aromatic nitrogens is 3. The van der Waals surface area contributed by atoms with Gasteiger partial charge in [0.2, 0.25) is 5.88 Å². The molecule has 3 fully saturated rings. The van der Waals surface area contributed by atoms with E-state index in [2.05, 4.69) is 15.0 Å². The van der Waals surface area contributed by atoms with Gasteiger partial charge in [-0.05, 0) is 37.0 Å². The molecule has 1 aromatic carbocycles. The molecular formula is C26H22F4N4O3. The second-order valence-electron chi connectivity index (χ2n) is 9.62. The average Bonchev–Trinajstić information content (AvgIpc) is 3.59. The number of hydrogen-bond donors (Lipinski definition) is 0. The van der Waals surface area contributed by atoms with E-state index in [1.54, 1.807) is 36.7 Å². The van der Waals surface area contributed by atoms with Gasteiger partial charge in [-0.25, -0.2) is 19.3 Å². The van der Waals surface area contributed by atoms with Gasteiger partial charge in [0, 0.05) is 35.6 Å². The van der Waals surface area contributed by atoms with Crippen molar-refractivity contribution in [3.8, 4) is 23.0 Å². The standard InChI is InChI=1S/C26H22F4N4O3/c1-36-18-5-2-4-15(23-31-8-3-9-32-23)21(18)24(35)34-17(12-27)16-10-25(16)11-19(22(25)34)37-20-7-6-14(13-33-20)26(28,29)30/h2-9,13,16-17,19,22H,10-12H2,1H3. The Kier molecular flexibility index (Phi) is 5.36. The fraction of sp³-hybridized carbons (Fsp3) is 0.385. The van der Waals surface area contributed by atoms with E-state index in [1.807, 2.05) is 0 Å². The van der Waals surface area contributed by atoms with E-state index in [1.165, 1.54) is 12.0 Å². The monoisotopic (exact) mass is 514 g/mol. The Hall–Kier alpha value is -3.76. The van der Waals surface area contributed by atoms with Crippen LogP contribution < -0.4 is 9.47 Å². The summed E-state index contributed by atoms with van der Waals surface area (Å²) in [5, 5.41) is 0. The first-order valence-electron chi connectivity index (χ1n) is 11.8. The fourth-order valence-electron chi connectivity index (χ4n) is 6.13. The number of hydrogen-bond acceptors (Lipinski definition) is 6. The lowest BCUT2D eigenvalue weighted by Crippen LogP contribution is -2.60. The molecule has 192 valence electrons. The largest absolute Gasteiger partial charge is 0.496 e. The van der Waals surface area contributed by atoms with E-state index in [0.717, 1.165) is 18.6 Å². The van der Waals surface area contributed by atoms with Crippen LogP contribution in [0.5, 0.6) is 11.6 Å². The number of pyridine rings is 1. The zero-order valence-electron chi connectivity index (χ0n) is 19.7. The van der Waals surface area contributed by atoms with Crippen molar-refractivity contribution < 1.29 is 31.8 Å². The Morgan fingerprint density at radius 2 is 1.89 bits per heavy atom. The van der Waals surface area contributed by atoms with Gasteiger partial charge in [-0.2, -0.15) is 13.2 Å². The molecule has 5 atom stereocenters. The molecule has 2 aromatic heterocycles. The number of benzene rings is 1. The van der Waals surface area contributed by atoms with Crippen molar-refractivity contribution in [3.63, 3.8) is 0 Å². The Balaban J connectivity index is 1.34. The molecule has 1 spiro atoms. The number of piperidine rings is 1. The average molecular weight is 514 g/mol. The summed E-state index contributed by atoms with van der Waals surface area (Å²) in [6, 6.07) is 7.73. The van der Waals surface area contributed by atoms with E-state index < -0.39 is 42.5 Å². The lowest BCUT2D eigenvalue weighted by atomic mass is 9.72. The zero-order chi connectivity index (χ0) is 25.9. The number of halogens is 4. The third kappa shape index (κ3) is 3.62. The highest BCUT2D eigenvalue weighted by molar-refractivity contribution is 6.03. The van der Waals surface area contributed by atoms with Gasteiger partial charge in [0.05, 0.1) is 30.3 Å². The van der Waals surface area contributed by atoms with E-state index in [0.29, 0.717) is 29.8 Å². The van der Waals surface area contributed by atoms with Crippen LogP contribution in [0.25, 0.3) is 11.4 Å². The normalized spacial score (nSPS) is 27.6. The lowest BCUT2D eigenvalue weighted by Gasteiger charge is -2.47. The maximum atomic E-state index is 14.4. The van der Waals surface area contributed by atoms with Gasteiger partial charge in [-0.1, -0.05) is 12.1 Å². The number of rotatable bonds is 6. The molecule has 0 radical (unpaired) electrons. The lowest BCUT2D eigenvalue weighted by molar-refractivity contribution is -0.137. The number of nitrogens with zero attached hydrogens (tertiary/aromatic N) is 4. The molecule has 1 amide bonds. The third-order valence-corrected chi connectivity index (χ3v) is 7.82. The van der Waals surface area contributed by atoms with Gasteiger partial charge >= 0.3 is 6.18 Å². The molecule has 1 aliphatic heterocycles. The molecule has 7 nitrogen and oxygen atoms in total. The number of amides is 1. The molecule has 3 heterocycles. The summed E-state index contributed by atoms with van der Waals surface area (Å²) in [6.45, 7) is -0.716. The number of methoxy groups -OCH3 is 1. The maximum Gasteiger partial charge on any atom is 0.417 e. The van der Waals surface area contributed by atoms with Gasteiger partial charge in [0.25, 0.3) is 5.91 Å². The molecule has 2 aliphatic carbocycles. The smallest absolute Gasteiger partial charge is 0.417 e. The van der Waals surface area contributed by atoms with Crippen molar-refractivity contribution in [2.45, 2.75) is 37.2 Å². The summed E-state index contributed by atoms with van der Waals surface area (Å²) in [5.74, 6) is 0.238.